The van der Waals surface area contributed by atoms with Crippen LogP contribution in [0.15, 0.2) is 0 Å². The van der Waals surface area contributed by atoms with E-state index >= 15 is 0 Å². The van der Waals surface area contributed by atoms with Crippen molar-refractivity contribution >= 4 is 0 Å². The van der Waals surface area contributed by atoms with E-state index < -0.39 is 0 Å². The molecule has 2 rings (SSSR count). The predicted molar refractivity (Wildman–Crippen MR) is 60.2 cm³/mol. The molecule has 0 aromatic rings. The number of hydrogen-bond donors (Lipinski definition) is 1. The lowest BCUT2D eigenvalue weighted by molar-refractivity contribution is 0.218. The first kappa shape index (κ1) is 10.4. The molecule has 14 heavy (non-hydrogen) atoms. The predicted octanol–water partition coefficient (Wildman–Crippen LogP) is 1.85. The van der Waals surface area contributed by atoms with Crippen LogP contribution in [-0.2, 0) is 0 Å². The molecule has 2 N–H and O–H groups in total. The molecule has 1 saturated carbocycles. The molecular formula is C12H24N2. The third kappa shape index (κ3) is 2.71. The van der Waals surface area contributed by atoms with Gasteiger partial charge in [0, 0.05) is 19.1 Å². The first-order valence-corrected chi connectivity index (χ1v) is 6.22. The van der Waals surface area contributed by atoms with E-state index in [1.54, 1.807) is 0 Å². The van der Waals surface area contributed by atoms with E-state index in [-0.39, 0.29) is 0 Å². The van der Waals surface area contributed by atoms with Gasteiger partial charge in [-0.05, 0) is 44.1 Å². The minimum Gasteiger partial charge on any atom is -0.328 e. The van der Waals surface area contributed by atoms with Gasteiger partial charge in [-0.3, -0.25) is 0 Å². The van der Waals surface area contributed by atoms with Crippen LogP contribution >= 0.6 is 0 Å². The number of rotatable bonds is 2. The number of nitrogens with two attached hydrogens (primary N) is 1. The lowest BCUT2D eigenvalue weighted by Gasteiger charge is -2.30. The summed E-state index contributed by atoms with van der Waals surface area (Å²) >= 11 is 0. The SMILES string of the molecule is CC1CCN(CC2CCCC(N)C2)C1. The van der Waals surface area contributed by atoms with Gasteiger partial charge in [-0.15, -0.1) is 0 Å². The lowest BCUT2D eigenvalue weighted by Crippen LogP contribution is -2.34. The first-order chi connectivity index (χ1) is 6.74. The molecule has 0 spiro atoms. The Morgan fingerprint density at radius 1 is 1.29 bits per heavy atom. The zero-order valence-electron chi connectivity index (χ0n) is 9.41. The molecule has 0 radical (unpaired) electrons. The summed E-state index contributed by atoms with van der Waals surface area (Å²) in [5.74, 6) is 1.82. The monoisotopic (exact) mass is 196 g/mol. The van der Waals surface area contributed by atoms with Crippen LogP contribution in [0.1, 0.15) is 39.0 Å². The topological polar surface area (TPSA) is 29.3 Å². The van der Waals surface area contributed by atoms with E-state index in [1.165, 1.54) is 51.7 Å². The highest BCUT2D eigenvalue weighted by Crippen LogP contribution is 2.26. The Labute approximate surface area is 87.8 Å². The van der Waals surface area contributed by atoms with Crippen molar-refractivity contribution in [2.75, 3.05) is 19.6 Å². The Morgan fingerprint density at radius 2 is 2.14 bits per heavy atom. The molecule has 2 aliphatic rings. The highest BCUT2D eigenvalue weighted by atomic mass is 15.1. The van der Waals surface area contributed by atoms with Crippen molar-refractivity contribution in [3.8, 4) is 0 Å². The highest BCUT2D eigenvalue weighted by Gasteiger charge is 2.24. The smallest absolute Gasteiger partial charge is 0.00419 e. The number of likely N-dealkylation sites (tertiary alicyclic amines) is 1. The van der Waals surface area contributed by atoms with Gasteiger partial charge in [0.15, 0.2) is 0 Å². The van der Waals surface area contributed by atoms with Crippen LogP contribution < -0.4 is 5.73 Å². The van der Waals surface area contributed by atoms with Crippen molar-refractivity contribution in [1.82, 2.24) is 4.90 Å². The summed E-state index contributed by atoms with van der Waals surface area (Å²) in [4.78, 5) is 2.65. The molecule has 0 aromatic carbocycles. The van der Waals surface area contributed by atoms with Gasteiger partial charge in [0.1, 0.15) is 0 Å². The largest absolute Gasteiger partial charge is 0.328 e. The van der Waals surface area contributed by atoms with Crippen molar-refractivity contribution in [2.24, 2.45) is 17.6 Å². The van der Waals surface area contributed by atoms with Crippen LogP contribution in [0, 0.1) is 11.8 Å². The second kappa shape index (κ2) is 4.63. The summed E-state index contributed by atoms with van der Waals surface area (Å²) in [6, 6.07) is 0.494. The molecule has 1 aliphatic carbocycles. The minimum atomic E-state index is 0.494. The Balaban J connectivity index is 1.74. The summed E-state index contributed by atoms with van der Waals surface area (Å²) in [6.07, 6.45) is 6.70. The third-order valence-corrected chi connectivity index (χ3v) is 3.85. The summed E-state index contributed by atoms with van der Waals surface area (Å²) in [5.41, 5.74) is 6.01. The molecule has 2 heteroatoms. The average Bonchev–Trinajstić information content (AvgIpc) is 2.51. The highest BCUT2D eigenvalue weighted by molar-refractivity contribution is 4.80. The quantitative estimate of drug-likeness (QED) is 0.730. The number of hydrogen-bond acceptors (Lipinski definition) is 2. The summed E-state index contributed by atoms with van der Waals surface area (Å²) in [6.45, 7) is 6.34. The fraction of sp³-hybridized carbons (Fsp3) is 1.00. The van der Waals surface area contributed by atoms with Crippen molar-refractivity contribution in [3.63, 3.8) is 0 Å². The normalized spacial score (nSPS) is 40.3. The maximum atomic E-state index is 6.01. The summed E-state index contributed by atoms with van der Waals surface area (Å²) in [5, 5.41) is 0. The molecule has 2 nitrogen and oxygen atoms in total. The van der Waals surface area contributed by atoms with E-state index in [0.717, 1.165) is 11.8 Å². The van der Waals surface area contributed by atoms with Gasteiger partial charge in [0.25, 0.3) is 0 Å². The second-order valence-electron chi connectivity index (χ2n) is 5.45. The molecule has 0 bridgehead atoms. The fourth-order valence-corrected chi connectivity index (χ4v) is 3.06. The van der Waals surface area contributed by atoms with E-state index in [4.69, 9.17) is 5.73 Å². The van der Waals surface area contributed by atoms with Gasteiger partial charge in [-0.1, -0.05) is 13.3 Å². The Bertz CT molecular complexity index is 181. The molecule has 2 fully saturated rings. The molecule has 1 heterocycles. The molecule has 1 saturated heterocycles. The molecule has 0 amide bonds. The van der Waals surface area contributed by atoms with E-state index in [2.05, 4.69) is 11.8 Å². The van der Waals surface area contributed by atoms with Gasteiger partial charge in [0.05, 0.1) is 0 Å². The second-order valence-corrected chi connectivity index (χ2v) is 5.45. The van der Waals surface area contributed by atoms with Crippen LogP contribution in [0.2, 0.25) is 0 Å². The number of nitrogens with zero attached hydrogens (tertiary/aromatic N) is 1. The lowest BCUT2D eigenvalue weighted by atomic mass is 9.86. The van der Waals surface area contributed by atoms with Crippen LogP contribution in [-0.4, -0.2) is 30.6 Å². The minimum absolute atomic E-state index is 0.494. The van der Waals surface area contributed by atoms with Crippen molar-refractivity contribution < 1.29 is 0 Å². The first-order valence-electron chi connectivity index (χ1n) is 6.22. The van der Waals surface area contributed by atoms with Gasteiger partial charge >= 0.3 is 0 Å². The fourth-order valence-electron chi connectivity index (χ4n) is 3.06. The van der Waals surface area contributed by atoms with Gasteiger partial charge < -0.3 is 10.6 Å². The summed E-state index contributed by atoms with van der Waals surface area (Å²) < 4.78 is 0. The van der Waals surface area contributed by atoms with Crippen LogP contribution in [0.4, 0.5) is 0 Å². The zero-order valence-corrected chi connectivity index (χ0v) is 9.41. The standard InChI is InChI=1S/C12H24N2/c1-10-5-6-14(8-10)9-11-3-2-4-12(13)7-11/h10-12H,2-9,13H2,1H3. The third-order valence-electron chi connectivity index (χ3n) is 3.85. The maximum absolute atomic E-state index is 6.01. The van der Waals surface area contributed by atoms with E-state index in [9.17, 15) is 0 Å². The zero-order chi connectivity index (χ0) is 9.97. The van der Waals surface area contributed by atoms with Gasteiger partial charge in [-0.2, -0.15) is 0 Å². The maximum Gasteiger partial charge on any atom is 0.00419 e. The molecule has 82 valence electrons. The average molecular weight is 196 g/mol. The van der Waals surface area contributed by atoms with Crippen LogP contribution in [0.5, 0.6) is 0 Å². The van der Waals surface area contributed by atoms with Gasteiger partial charge in [0.2, 0.25) is 0 Å². The van der Waals surface area contributed by atoms with E-state index in [0.29, 0.717) is 6.04 Å². The van der Waals surface area contributed by atoms with Crippen molar-refractivity contribution in [1.29, 1.82) is 0 Å². The summed E-state index contributed by atoms with van der Waals surface area (Å²) in [7, 11) is 0. The Hall–Kier alpha value is -0.0800. The van der Waals surface area contributed by atoms with E-state index in [1.807, 2.05) is 0 Å². The van der Waals surface area contributed by atoms with Crippen molar-refractivity contribution in [2.45, 2.75) is 45.1 Å². The Kier molecular flexibility index (Phi) is 3.45. The van der Waals surface area contributed by atoms with Crippen molar-refractivity contribution in [3.05, 3.63) is 0 Å². The molecule has 0 aromatic heterocycles. The van der Waals surface area contributed by atoms with Crippen LogP contribution in [0.3, 0.4) is 0 Å². The molecular weight excluding hydrogens is 172 g/mol. The van der Waals surface area contributed by atoms with Gasteiger partial charge in [-0.25, -0.2) is 0 Å². The van der Waals surface area contributed by atoms with Crippen LogP contribution in [0.25, 0.3) is 0 Å². The Morgan fingerprint density at radius 3 is 2.79 bits per heavy atom. The molecule has 3 unspecified atom stereocenters. The molecule has 3 atom stereocenters. The molecule has 1 aliphatic heterocycles.